The van der Waals surface area contributed by atoms with E-state index in [4.69, 9.17) is 4.74 Å². The Kier molecular flexibility index (Phi) is 45.2. The third-order valence-corrected chi connectivity index (χ3v) is 11.1. The van der Waals surface area contributed by atoms with E-state index >= 15 is 0 Å². The summed E-state index contributed by atoms with van der Waals surface area (Å²) in [7, 11) is 0. The number of aliphatic hydroxyl groups is 2. The van der Waals surface area contributed by atoms with Gasteiger partial charge in [-0.15, -0.1) is 0 Å². The van der Waals surface area contributed by atoms with Gasteiger partial charge in [-0.3, -0.25) is 9.59 Å². The van der Waals surface area contributed by atoms with E-state index < -0.39 is 18.2 Å². The minimum atomic E-state index is -0.807. The van der Waals surface area contributed by atoms with E-state index in [2.05, 4.69) is 50.4 Å². The molecule has 0 aromatic rings. The first kappa shape index (κ1) is 57.3. The molecular weight excluding hydrogens is 743 g/mol. The van der Waals surface area contributed by atoms with E-state index in [9.17, 15) is 19.8 Å². The lowest BCUT2D eigenvalue weighted by Crippen LogP contribution is -2.46. The maximum absolute atomic E-state index is 13.1. The second kappa shape index (κ2) is 47.4. The number of rotatable bonds is 44. The largest absolute Gasteiger partial charge is 0.462 e. The Labute approximate surface area is 371 Å². The van der Waals surface area contributed by atoms with Crippen LogP contribution in [0.4, 0.5) is 0 Å². The smallest absolute Gasteiger partial charge is 0.306 e. The van der Waals surface area contributed by atoms with Gasteiger partial charge in [0.25, 0.3) is 0 Å². The average Bonchev–Trinajstić information content (AvgIpc) is 3.24. The number of aliphatic hydroxyl groups excluding tert-OH is 2. The molecule has 3 unspecified atom stereocenters. The molecular formula is C54H95NO5. The van der Waals surface area contributed by atoms with E-state index in [-0.39, 0.29) is 24.9 Å². The normalized spacial score (nSPS) is 13.9. The summed E-state index contributed by atoms with van der Waals surface area (Å²) in [5, 5.41) is 23.6. The molecule has 0 bridgehead atoms. The lowest BCUT2D eigenvalue weighted by Gasteiger charge is -2.24. The van der Waals surface area contributed by atoms with Crippen LogP contribution in [-0.4, -0.2) is 46.9 Å². The second-order valence-electron chi connectivity index (χ2n) is 17.0. The Morgan fingerprint density at radius 3 is 1.43 bits per heavy atom. The second-order valence-corrected chi connectivity index (χ2v) is 17.0. The Balaban J connectivity index is 4.61. The fourth-order valence-corrected chi connectivity index (χ4v) is 7.33. The predicted octanol–water partition coefficient (Wildman–Crippen LogP) is 15.0. The summed E-state index contributed by atoms with van der Waals surface area (Å²) < 4.78 is 5.89. The van der Waals surface area contributed by atoms with Crippen LogP contribution in [0, 0.1) is 0 Å². The summed E-state index contributed by atoms with van der Waals surface area (Å²) in [4.78, 5) is 26.1. The molecule has 0 aromatic heterocycles. The zero-order valence-electron chi connectivity index (χ0n) is 39.3. The predicted molar refractivity (Wildman–Crippen MR) is 259 cm³/mol. The number of carbonyl (C=O) groups excluding carboxylic acids is 2. The van der Waals surface area contributed by atoms with E-state index in [0.717, 1.165) is 57.8 Å². The summed E-state index contributed by atoms with van der Waals surface area (Å²) in [5.74, 6) is -0.551. The number of nitrogens with one attached hydrogen (secondary N) is 1. The highest BCUT2D eigenvalue weighted by Crippen LogP contribution is 2.17. The van der Waals surface area contributed by atoms with Crippen LogP contribution in [-0.2, 0) is 14.3 Å². The molecule has 0 rings (SSSR count). The minimum Gasteiger partial charge on any atom is -0.462 e. The van der Waals surface area contributed by atoms with Crippen LogP contribution < -0.4 is 5.32 Å². The van der Waals surface area contributed by atoms with Gasteiger partial charge in [-0.05, 0) is 64.2 Å². The molecule has 6 heteroatoms. The number of amides is 1. The van der Waals surface area contributed by atoms with Crippen molar-refractivity contribution in [3.05, 3.63) is 72.9 Å². The lowest BCUT2D eigenvalue weighted by atomic mass is 10.0. The quantitative estimate of drug-likeness (QED) is 0.0246. The summed E-state index contributed by atoms with van der Waals surface area (Å²) in [6, 6.07) is -0.725. The van der Waals surface area contributed by atoms with Crippen molar-refractivity contribution in [3.63, 3.8) is 0 Å². The van der Waals surface area contributed by atoms with Crippen molar-refractivity contribution in [2.45, 2.75) is 251 Å². The van der Waals surface area contributed by atoms with Crippen molar-refractivity contribution in [1.29, 1.82) is 0 Å². The van der Waals surface area contributed by atoms with E-state index in [1.165, 1.54) is 128 Å². The number of unbranched alkanes of at least 4 members (excludes halogenated alkanes) is 24. The van der Waals surface area contributed by atoms with Gasteiger partial charge in [0.15, 0.2) is 0 Å². The van der Waals surface area contributed by atoms with Crippen LogP contribution in [0.2, 0.25) is 0 Å². The van der Waals surface area contributed by atoms with Crippen molar-refractivity contribution < 1.29 is 24.5 Å². The molecule has 346 valence electrons. The molecule has 0 saturated heterocycles. The third-order valence-electron chi connectivity index (χ3n) is 11.1. The Bertz CT molecular complexity index is 1120. The third kappa shape index (κ3) is 42.0. The van der Waals surface area contributed by atoms with Crippen molar-refractivity contribution in [2.75, 3.05) is 6.61 Å². The van der Waals surface area contributed by atoms with Crippen molar-refractivity contribution in [1.82, 2.24) is 5.32 Å². The van der Waals surface area contributed by atoms with Gasteiger partial charge in [-0.2, -0.15) is 0 Å². The van der Waals surface area contributed by atoms with Crippen LogP contribution in [0.5, 0.6) is 0 Å². The van der Waals surface area contributed by atoms with Crippen LogP contribution in [0.1, 0.15) is 233 Å². The fraction of sp³-hybridized carbons (Fsp3) is 0.741. The molecule has 0 fully saturated rings. The number of carbonyl (C=O) groups is 2. The van der Waals surface area contributed by atoms with Crippen molar-refractivity contribution in [3.8, 4) is 0 Å². The molecule has 6 nitrogen and oxygen atoms in total. The standard InChI is InChI=1S/C54H95NO5/c1-4-7-10-13-16-19-21-23-24-25-26-27-28-30-32-35-38-41-44-47-54(59)60-50(45-42-39-36-34-31-29-22-20-17-14-11-8-5-2)48-53(58)55-51(49-56)52(57)46-43-40-37-33-18-15-12-9-6-3/h8,11,14,17,20,22-24,29,31,34,36,50-52,56-57H,4-7,9-10,12-13,15-16,18-19,21,25-28,30,32-33,35,37-49H2,1-3H3,(H,55,58)/b11-8+,17-14+,22-20-,24-23+,31-29-,36-34+. The highest BCUT2D eigenvalue weighted by atomic mass is 16.5. The van der Waals surface area contributed by atoms with E-state index in [1.54, 1.807) is 0 Å². The van der Waals surface area contributed by atoms with Crippen molar-refractivity contribution in [2.24, 2.45) is 0 Å². The molecule has 1 amide bonds. The van der Waals surface area contributed by atoms with Gasteiger partial charge in [0.1, 0.15) is 6.10 Å². The monoisotopic (exact) mass is 838 g/mol. The summed E-state index contributed by atoms with van der Waals surface area (Å²) in [6.07, 6.45) is 59.8. The molecule has 3 N–H and O–H groups in total. The summed E-state index contributed by atoms with van der Waals surface area (Å²) >= 11 is 0. The van der Waals surface area contributed by atoms with Crippen LogP contribution in [0.15, 0.2) is 72.9 Å². The molecule has 0 saturated carbocycles. The maximum Gasteiger partial charge on any atom is 0.306 e. The molecule has 0 spiro atoms. The van der Waals surface area contributed by atoms with Gasteiger partial charge >= 0.3 is 5.97 Å². The first-order valence-corrected chi connectivity index (χ1v) is 25.2. The zero-order chi connectivity index (χ0) is 43.8. The van der Waals surface area contributed by atoms with Gasteiger partial charge in [0.05, 0.1) is 25.2 Å². The zero-order valence-corrected chi connectivity index (χ0v) is 39.3. The summed E-state index contributed by atoms with van der Waals surface area (Å²) in [6.45, 7) is 6.29. The SMILES string of the molecule is CC/C=C/C=C/C=C\C=C/C=C/CCCC(CC(=O)NC(CO)C(O)CCCCCCCCCCC)OC(=O)CCCCCCCCCCC/C=C/CCCCCCCC. The highest BCUT2D eigenvalue weighted by molar-refractivity contribution is 5.77. The van der Waals surface area contributed by atoms with Gasteiger partial charge in [0.2, 0.25) is 5.91 Å². The van der Waals surface area contributed by atoms with Crippen molar-refractivity contribution >= 4 is 11.9 Å². The van der Waals surface area contributed by atoms with Crippen LogP contribution in [0.3, 0.4) is 0 Å². The molecule has 0 aliphatic carbocycles. The maximum atomic E-state index is 13.1. The van der Waals surface area contributed by atoms with Gasteiger partial charge in [-0.25, -0.2) is 0 Å². The summed E-state index contributed by atoms with van der Waals surface area (Å²) in [5.41, 5.74) is 0. The van der Waals surface area contributed by atoms with Gasteiger partial charge in [0, 0.05) is 6.42 Å². The lowest BCUT2D eigenvalue weighted by molar-refractivity contribution is -0.151. The first-order chi connectivity index (χ1) is 29.5. The number of ether oxygens (including phenoxy) is 1. The Morgan fingerprint density at radius 2 is 0.933 bits per heavy atom. The van der Waals surface area contributed by atoms with E-state index in [1.807, 2.05) is 48.6 Å². The average molecular weight is 838 g/mol. The van der Waals surface area contributed by atoms with E-state index in [0.29, 0.717) is 19.3 Å². The van der Waals surface area contributed by atoms with Gasteiger partial charge < -0.3 is 20.3 Å². The number of hydrogen-bond acceptors (Lipinski definition) is 5. The van der Waals surface area contributed by atoms with Crippen LogP contribution >= 0.6 is 0 Å². The number of esters is 1. The number of allylic oxidation sites excluding steroid dienone is 12. The van der Waals surface area contributed by atoms with Crippen LogP contribution in [0.25, 0.3) is 0 Å². The molecule has 0 aliphatic heterocycles. The fourth-order valence-electron chi connectivity index (χ4n) is 7.33. The minimum absolute atomic E-state index is 0.0256. The molecule has 0 aromatic carbocycles. The topological polar surface area (TPSA) is 95.9 Å². The Morgan fingerprint density at radius 1 is 0.500 bits per heavy atom. The highest BCUT2D eigenvalue weighted by Gasteiger charge is 2.24. The first-order valence-electron chi connectivity index (χ1n) is 25.2. The number of hydrogen-bond donors (Lipinski definition) is 3. The molecule has 0 radical (unpaired) electrons. The molecule has 0 heterocycles. The molecule has 3 atom stereocenters. The molecule has 0 aliphatic rings. The molecule has 60 heavy (non-hydrogen) atoms. The Hall–Kier alpha value is -2.70. The van der Waals surface area contributed by atoms with Gasteiger partial charge in [-0.1, -0.05) is 229 Å².